The lowest BCUT2D eigenvalue weighted by atomic mass is 10.1. The number of hydrogen-bond acceptors (Lipinski definition) is 9. The fraction of sp³-hybridized carbons (Fsp3) is 0.261. The maximum atomic E-state index is 12.6. The molecule has 1 saturated heterocycles. The summed E-state index contributed by atoms with van der Waals surface area (Å²) in [6.07, 6.45) is 2.78. The largest absolute Gasteiger partial charge is 0.497 e. The molecule has 0 radical (unpaired) electrons. The Morgan fingerprint density at radius 2 is 2.03 bits per heavy atom. The lowest BCUT2D eigenvalue weighted by Gasteiger charge is -2.16. The van der Waals surface area contributed by atoms with E-state index < -0.39 is 17.3 Å². The minimum atomic E-state index is -0.687. The summed E-state index contributed by atoms with van der Waals surface area (Å²) < 4.78 is 15.8. The number of nitrogens with zero attached hydrogens (tertiary/aromatic N) is 3. The molecule has 1 aliphatic heterocycles. The Morgan fingerprint density at radius 1 is 1.24 bits per heavy atom. The summed E-state index contributed by atoms with van der Waals surface area (Å²) in [5.74, 6) is -0.329. The van der Waals surface area contributed by atoms with E-state index in [9.17, 15) is 14.4 Å². The molecule has 0 saturated carbocycles. The molecule has 1 aliphatic rings. The molecular formula is C23H21N3O6S. The molecule has 1 fully saturated rings. The van der Waals surface area contributed by atoms with E-state index in [-0.39, 0.29) is 24.6 Å². The first-order chi connectivity index (χ1) is 15.9. The average molecular weight is 468 g/mol. The van der Waals surface area contributed by atoms with E-state index in [4.69, 9.17) is 13.9 Å². The first-order valence-corrected chi connectivity index (χ1v) is 11.1. The molecule has 1 atom stereocenters. The van der Waals surface area contributed by atoms with Gasteiger partial charge in [-0.05, 0) is 37.3 Å². The third-order valence-electron chi connectivity index (χ3n) is 5.02. The van der Waals surface area contributed by atoms with Crippen LogP contribution in [0.25, 0.3) is 0 Å². The number of amides is 1. The number of hydrogen-bond donors (Lipinski definition) is 0. The molecule has 3 aromatic rings. The molecule has 0 N–H and O–H groups in total. The van der Waals surface area contributed by atoms with Gasteiger partial charge in [0.2, 0.25) is 17.1 Å². The summed E-state index contributed by atoms with van der Waals surface area (Å²) >= 11 is 1.32. The number of methoxy groups -OCH3 is 1. The first-order valence-electron chi connectivity index (χ1n) is 10.1. The van der Waals surface area contributed by atoms with Crippen molar-refractivity contribution in [2.45, 2.75) is 24.3 Å². The van der Waals surface area contributed by atoms with Crippen LogP contribution in [0.5, 0.6) is 11.5 Å². The Labute approximate surface area is 193 Å². The van der Waals surface area contributed by atoms with Gasteiger partial charge in [0, 0.05) is 36.6 Å². The van der Waals surface area contributed by atoms with E-state index in [0.29, 0.717) is 28.1 Å². The Morgan fingerprint density at radius 3 is 2.73 bits per heavy atom. The predicted octanol–water partition coefficient (Wildman–Crippen LogP) is 3.00. The Kier molecular flexibility index (Phi) is 6.74. The van der Waals surface area contributed by atoms with Crippen LogP contribution in [0.15, 0.2) is 63.2 Å². The highest BCUT2D eigenvalue weighted by Gasteiger charge is 2.36. The Hall–Kier alpha value is -3.66. The molecule has 1 aromatic carbocycles. The van der Waals surface area contributed by atoms with Crippen molar-refractivity contribution >= 4 is 29.3 Å². The van der Waals surface area contributed by atoms with Crippen LogP contribution in [0, 0.1) is 12.8 Å². The first kappa shape index (κ1) is 22.5. The van der Waals surface area contributed by atoms with Crippen LogP contribution in [0.3, 0.4) is 0 Å². The van der Waals surface area contributed by atoms with E-state index in [1.165, 1.54) is 22.7 Å². The van der Waals surface area contributed by atoms with Crippen LogP contribution in [-0.2, 0) is 15.3 Å². The summed E-state index contributed by atoms with van der Waals surface area (Å²) in [5.41, 5.74) is 1.02. The lowest BCUT2D eigenvalue weighted by Crippen LogP contribution is -2.28. The molecule has 0 spiro atoms. The summed E-state index contributed by atoms with van der Waals surface area (Å²) in [5, 5.41) is 0.570. The second-order valence-electron chi connectivity index (χ2n) is 7.37. The lowest BCUT2D eigenvalue weighted by molar-refractivity contribution is -0.139. The maximum absolute atomic E-state index is 12.6. The number of anilines is 1. The van der Waals surface area contributed by atoms with Crippen LogP contribution in [0.4, 0.5) is 5.69 Å². The van der Waals surface area contributed by atoms with E-state index in [1.54, 1.807) is 43.6 Å². The van der Waals surface area contributed by atoms with Crippen molar-refractivity contribution < 1.29 is 23.5 Å². The van der Waals surface area contributed by atoms with Crippen LogP contribution in [0.2, 0.25) is 0 Å². The smallest absolute Gasteiger partial charge is 0.316 e. The van der Waals surface area contributed by atoms with E-state index >= 15 is 0 Å². The van der Waals surface area contributed by atoms with Crippen molar-refractivity contribution in [2.75, 3.05) is 18.6 Å². The van der Waals surface area contributed by atoms with Gasteiger partial charge in [-0.1, -0.05) is 11.8 Å². The minimum Gasteiger partial charge on any atom is -0.497 e. The SMILES string of the molecule is COc1ccc(N2CC(C(=O)Oc3coc(CSc4nccc(C)n4)cc3=O)CC2=O)cc1. The minimum absolute atomic E-state index is 0.00140. The van der Waals surface area contributed by atoms with Crippen molar-refractivity contribution in [1.29, 1.82) is 0 Å². The van der Waals surface area contributed by atoms with Gasteiger partial charge in [-0.3, -0.25) is 14.4 Å². The van der Waals surface area contributed by atoms with E-state index in [0.717, 1.165) is 12.0 Å². The monoisotopic (exact) mass is 467 g/mol. The second kappa shape index (κ2) is 9.86. The summed E-state index contributed by atoms with van der Waals surface area (Å²) in [7, 11) is 1.56. The molecule has 10 heteroatoms. The fourth-order valence-corrected chi connectivity index (χ4v) is 4.06. The highest BCUT2D eigenvalue weighted by molar-refractivity contribution is 7.98. The van der Waals surface area contributed by atoms with Crippen LogP contribution >= 0.6 is 11.8 Å². The number of benzene rings is 1. The number of thioether (sulfide) groups is 1. The van der Waals surface area contributed by atoms with Gasteiger partial charge in [0.05, 0.1) is 18.8 Å². The van der Waals surface area contributed by atoms with Gasteiger partial charge in [0.15, 0.2) is 5.16 Å². The molecule has 1 unspecified atom stereocenters. The highest BCUT2D eigenvalue weighted by atomic mass is 32.2. The highest BCUT2D eigenvalue weighted by Crippen LogP contribution is 2.28. The fourth-order valence-electron chi connectivity index (χ4n) is 3.29. The summed E-state index contributed by atoms with van der Waals surface area (Å²) in [6, 6.07) is 10.0. The molecular weight excluding hydrogens is 446 g/mol. The zero-order chi connectivity index (χ0) is 23.4. The van der Waals surface area contributed by atoms with Gasteiger partial charge >= 0.3 is 5.97 Å². The standard InChI is InChI=1S/C23H21N3O6S/c1-14-7-8-24-23(25-14)33-13-18-10-19(27)20(12-31-18)32-22(29)15-9-21(28)26(11-15)16-3-5-17(30-2)6-4-16/h3-8,10,12,15H,9,11,13H2,1-2H3. The van der Waals surface area contributed by atoms with Gasteiger partial charge in [0.1, 0.15) is 17.8 Å². The van der Waals surface area contributed by atoms with Gasteiger partial charge in [-0.2, -0.15) is 0 Å². The Balaban J connectivity index is 1.37. The zero-order valence-electron chi connectivity index (χ0n) is 18.0. The number of rotatable bonds is 7. The third kappa shape index (κ3) is 5.40. The maximum Gasteiger partial charge on any atom is 0.316 e. The summed E-state index contributed by atoms with van der Waals surface area (Å²) in [6.45, 7) is 2.03. The van der Waals surface area contributed by atoms with Crippen molar-refractivity contribution in [3.8, 4) is 11.5 Å². The number of ether oxygens (including phenoxy) is 2. The molecule has 0 bridgehead atoms. The van der Waals surface area contributed by atoms with Gasteiger partial charge in [-0.15, -0.1) is 0 Å². The molecule has 4 rings (SSSR count). The van der Waals surface area contributed by atoms with E-state index in [1.807, 2.05) is 6.92 Å². The number of esters is 1. The number of carbonyl (C=O) groups excluding carboxylic acids is 2. The topological polar surface area (TPSA) is 112 Å². The van der Waals surface area contributed by atoms with Crippen molar-refractivity contribution in [3.05, 3.63) is 70.5 Å². The van der Waals surface area contributed by atoms with Crippen LogP contribution in [0.1, 0.15) is 17.9 Å². The molecule has 9 nitrogen and oxygen atoms in total. The zero-order valence-corrected chi connectivity index (χ0v) is 18.8. The predicted molar refractivity (Wildman–Crippen MR) is 120 cm³/mol. The molecule has 0 aliphatic carbocycles. The second-order valence-corrected chi connectivity index (χ2v) is 8.31. The molecule has 170 valence electrons. The molecule has 33 heavy (non-hydrogen) atoms. The van der Waals surface area contributed by atoms with Gasteiger partial charge < -0.3 is 18.8 Å². The van der Waals surface area contributed by atoms with E-state index in [2.05, 4.69) is 9.97 Å². The normalized spacial score (nSPS) is 15.5. The molecule has 1 amide bonds. The summed E-state index contributed by atoms with van der Waals surface area (Å²) in [4.78, 5) is 47.3. The van der Waals surface area contributed by atoms with Crippen molar-refractivity contribution in [2.24, 2.45) is 5.92 Å². The quantitative estimate of drug-likeness (QED) is 0.294. The number of aryl methyl sites for hydroxylation is 1. The number of aromatic nitrogens is 2. The van der Waals surface area contributed by atoms with Crippen LogP contribution in [-0.4, -0.2) is 35.5 Å². The van der Waals surface area contributed by atoms with Crippen molar-refractivity contribution in [3.63, 3.8) is 0 Å². The number of carbonyl (C=O) groups is 2. The average Bonchev–Trinajstić information content (AvgIpc) is 3.21. The van der Waals surface area contributed by atoms with Gasteiger partial charge in [0.25, 0.3) is 0 Å². The van der Waals surface area contributed by atoms with Crippen LogP contribution < -0.4 is 19.8 Å². The molecule has 2 aromatic heterocycles. The van der Waals surface area contributed by atoms with Crippen molar-refractivity contribution in [1.82, 2.24) is 9.97 Å². The van der Waals surface area contributed by atoms with Gasteiger partial charge in [-0.25, -0.2) is 9.97 Å². The third-order valence-corrected chi connectivity index (χ3v) is 5.91. The Bertz CT molecular complexity index is 1230. The molecule has 3 heterocycles.